The van der Waals surface area contributed by atoms with E-state index in [0.717, 1.165) is 48.9 Å². The molecule has 1 amide bonds. The van der Waals surface area contributed by atoms with E-state index in [4.69, 9.17) is 16.3 Å². The molecule has 0 spiro atoms. The maximum absolute atomic E-state index is 12.1. The van der Waals surface area contributed by atoms with Gasteiger partial charge < -0.3 is 20.3 Å². The molecular formula is C19H22ClN3O2. The van der Waals surface area contributed by atoms with Crippen molar-refractivity contribution in [3.05, 3.63) is 53.1 Å². The number of halogens is 1. The number of carbonyl (C=O) groups excluding carboxylic acids is 1. The van der Waals surface area contributed by atoms with Crippen LogP contribution in [0.4, 0.5) is 17.1 Å². The second-order valence-electron chi connectivity index (χ2n) is 6.01. The van der Waals surface area contributed by atoms with E-state index in [2.05, 4.69) is 15.5 Å². The maximum atomic E-state index is 12.1. The molecule has 1 aliphatic heterocycles. The fourth-order valence-electron chi connectivity index (χ4n) is 2.67. The predicted molar refractivity (Wildman–Crippen MR) is 103 cm³/mol. The standard InChI is InChI=1S/C19H22ClN3O2/c1-14-2-3-16(12-18(14)20)21-13-19(24)22-15-4-6-17(7-5-15)23-8-10-25-11-9-23/h2-7,12,21H,8-11,13H2,1H3,(H,22,24). The highest BCUT2D eigenvalue weighted by molar-refractivity contribution is 6.31. The maximum Gasteiger partial charge on any atom is 0.243 e. The van der Waals surface area contributed by atoms with Crippen molar-refractivity contribution < 1.29 is 9.53 Å². The number of hydrogen-bond acceptors (Lipinski definition) is 4. The van der Waals surface area contributed by atoms with Gasteiger partial charge >= 0.3 is 0 Å². The van der Waals surface area contributed by atoms with E-state index in [9.17, 15) is 4.79 Å². The molecule has 0 unspecified atom stereocenters. The molecule has 2 N–H and O–H groups in total. The molecule has 1 saturated heterocycles. The molecular weight excluding hydrogens is 338 g/mol. The van der Waals surface area contributed by atoms with E-state index < -0.39 is 0 Å². The van der Waals surface area contributed by atoms with Crippen molar-refractivity contribution in [1.29, 1.82) is 0 Å². The Morgan fingerprint density at radius 2 is 1.80 bits per heavy atom. The Morgan fingerprint density at radius 1 is 1.12 bits per heavy atom. The minimum absolute atomic E-state index is 0.101. The first-order chi connectivity index (χ1) is 12.1. The summed E-state index contributed by atoms with van der Waals surface area (Å²) in [5.41, 5.74) is 3.77. The monoisotopic (exact) mass is 359 g/mol. The zero-order valence-corrected chi connectivity index (χ0v) is 15.0. The minimum Gasteiger partial charge on any atom is -0.378 e. The predicted octanol–water partition coefficient (Wildman–Crippen LogP) is 3.54. The number of rotatable bonds is 5. The largest absolute Gasteiger partial charge is 0.378 e. The Kier molecular flexibility index (Phi) is 5.79. The number of ether oxygens (including phenoxy) is 1. The van der Waals surface area contributed by atoms with E-state index in [0.29, 0.717) is 5.02 Å². The van der Waals surface area contributed by atoms with Crippen molar-refractivity contribution in [2.45, 2.75) is 6.92 Å². The van der Waals surface area contributed by atoms with E-state index in [1.807, 2.05) is 49.4 Å². The molecule has 0 atom stereocenters. The van der Waals surface area contributed by atoms with Crippen molar-refractivity contribution in [3.63, 3.8) is 0 Å². The van der Waals surface area contributed by atoms with Gasteiger partial charge in [-0.3, -0.25) is 4.79 Å². The summed E-state index contributed by atoms with van der Waals surface area (Å²) in [6.07, 6.45) is 0. The molecule has 1 fully saturated rings. The van der Waals surface area contributed by atoms with Gasteiger partial charge in [0.05, 0.1) is 19.8 Å². The Bertz CT molecular complexity index is 728. The van der Waals surface area contributed by atoms with Gasteiger partial charge in [-0.05, 0) is 48.9 Å². The van der Waals surface area contributed by atoms with Gasteiger partial charge in [0.25, 0.3) is 0 Å². The number of morpholine rings is 1. The molecule has 25 heavy (non-hydrogen) atoms. The van der Waals surface area contributed by atoms with Gasteiger partial charge in [0.1, 0.15) is 0 Å². The number of amides is 1. The second-order valence-corrected chi connectivity index (χ2v) is 6.42. The van der Waals surface area contributed by atoms with E-state index in [1.165, 1.54) is 0 Å². The molecule has 132 valence electrons. The van der Waals surface area contributed by atoms with Crippen molar-refractivity contribution in [2.24, 2.45) is 0 Å². The van der Waals surface area contributed by atoms with Crippen LogP contribution >= 0.6 is 11.6 Å². The number of carbonyl (C=O) groups is 1. The molecule has 2 aromatic rings. The fraction of sp³-hybridized carbons (Fsp3) is 0.316. The molecule has 0 saturated carbocycles. The van der Waals surface area contributed by atoms with Gasteiger partial charge in [-0.25, -0.2) is 0 Å². The number of anilines is 3. The zero-order chi connectivity index (χ0) is 17.6. The first-order valence-electron chi connectivity index (χ1n) is 8.34. The molecule has 1 heterocycles. The third-order valence-electron chi connectivity index (χ3n) is 4.15. The van der Waals surface area contributed by atoms with Crippen LogP contribution in [0.3, 0.4) is 0 Å². The quantitative estimate of drug-likeness (QED) is 0.857. The van der Waals surface area contributed by atoms with E-state index >= 15 is 0 Å². The van der Waals surface area contributed by atoms with Crippen molar-refractivity contribution >= 4 is 34.6 Å². The summed E-state index contributed by atoms with van der Waals surface area (Å²) in [5.74, 6) is -0.101. The summed E-state index contributed by atoms with van der Waals surface area (Å²) in [4.78, 5) is 14.4. The molecule has 5 nitrogen and oxygen atoms in total. The Labute approximate surface area is 152 Å². The average molecular weight is 360 g/mol. The van der Waals surface area contributed by atoms with Crippen molar-refractivity contribution in [2.75, 3.05) is 48.4 Å². The van der Waals surface area contributed by atoms with Crippen LogP contribution in [0.1, 0.15) is 5.56 Å². The van der Waals surface area contributed by atoms with Crippen LogP contribution < -0.4 is 15.5 Å². The van der Waals surface area contributed by atoms with Gasteiger partial charge in [0.15, 0.2) is 0 Å². The Balaban J connectivity index is 1.51. The van der Waals surface area contributed by atoms with E-state index in [1.54, 1.807) is 0 Å². The summed E-state index contributed by atoms with van der Waals surface area (Å²) in [5, 5.41) is 6.65. The number of nitrogens with zero attached hydrogens (tertiary/aromatic N) is 1. The fourth-order valence-corrected chi connectivity index (χ4v) is 2.85. The number of benzene rings is 2. The molecule has 0 radical (unpaired) electrons. The van der Waals surface area contributed by atoms with Crippen molar-refractivity contribution in [1.82, 2.24) is 0 Å². The van der Waals surface area contributed by atoms with Gasteiger partial charge in [-0.15, -0.1) is 0 Å². The molecule has 2 aromatic carbocycles. The SMILES string of the molecule is Cc1ccc(NCC(=O)Nc2ccc(N3CCOCC3)cc2)cc1Cl. The summed E-state index contributed by atoms with van der Waals surface area (Å²) in [6.45, 7) is 5.44. The highest BCUT2D eigenvalue weighted by Crippen LogP contribution is 2.20. The Morgan fingerprint density at radius 3 is 2.48 bits per heavy atom. The van der Waals surface area contributed by atoms with Crippen LogP contribution in [0.5, 0.6) is 0 Å². The number of nitrogens with one attached hydrogen (secondary N) is 2. The summed E-state index contributed by atoms with van der Waals surface area (Å²) >= 11 is 6.09. The summed E-state index contributed by atoms with van der Waals surface area (Å²) in [6, 6.07) is 13.5. The number of hydrogen-bond donors (Lipinski definition) is 2. The third-order valence-corrected chi connectivity index (χ3v) is 4.56. The lowest BCUT2D eigenvalue weighted by Gasteiger charge is -2.28. The third kappa shape index (κ3) is 4.87. The normalized spacial score (nSPS) is 14.2. The van der Waals surface area contributed by atoms with Crippen LogP contribution in [0.15, 0.2) is 42.5 Å². The minimum atomic E-state index is -0.101. The van der Waals surface area contributed by atoms with Gasteiger partial charge in [-0.2, -0.15) is 0 Å². The van der Waals surface area contributed by atoms with Crippen LogP contribution in [0, 0.1) is 6.92 Å². The highest BCUT2D eigenvalue weighted by atomic mass is 35.5. The van der Waals surface area contributed by atoms with E-state index in [-0.39, 0.29) is 12.5 Å². The molecule has 1 aliphatic rings. The lowest BCUT2D eigenvalue weighted by molar-refractivity contribution is -0.114. The lowest BCUT2D eigenvalue weighted by Crippen LogP contribution is -2.36. The topological polar surface area (TPSA) is 53.6 Å². The van der Waals surface area contributed by atoms with Crippen LogP contribution in [0.25, 0.3) is 0 Å². The smallest absolute Gasteiger partial charge is 0.243 e. The first-order valence-corrected chi connectivity index (χ1v) is 8.72. The van der Waals surface area contributed by atoms with Gasteiger partial charge in [0.2, 0.25) is 5.91 Å². The zero-order valence-electron chi connectivity index (χ0n) is 14.2. The first kappa shape index (κ1) is 17.6. The number of aryl methyl sites for hydroxylation is 1. The van der Waals surface area contributed by atoms with Crippen LogP contribution in [0.2, 0.25) is 5.02 Å². The molecule has 0 aromatic heterocycles. The van der Waals surface area contributed by atoms with Gasteiger partial charge in [0, 0.05) is 35.2 Å². The second kappa shape index (κ2) is 8.23. The summed E-state index contributed by atoms with van der Waals surface area (Å²) < 4.78 is 5.36. The van der Waals surface area contributed by atoms with Crippen LogP contribution in [-0.4, -0.2) is 38.8 Å². The van der Waals surface area contributed by atoms with Crippen molar-refractivity contribution in [3.8, 4) is 0 Å². The van der Waals surface area contributed by atoms with Crippen LogP contribution in [-0.2, 0) is 9.53 Å². The molecule has 0 bridgehead atoms. The highest BCUT2D eigenvalue weighted by Gasteiger charge is 2.11. The Hall–Kier alpha value is -2.24. The van der Waals surface area contributed by atoms with Gasteiger partial charge in [-0.1, -0.05) is 17.7 Å². The summed E-state index contributed by atoms with van der Waals surface area (Å²) in [7, 11) is 0. The lowest BCUT2D eigenvalue weighted by atomic mass is 10.2. The molecule has 0 aliphatic carbocycles. The molecule has 3 rings (SSSR count). The molecule has 6 heteroatoms. The average Bonchev–Trinajstić information content (AvgIpc) is 2.64.